The molecule has 3 nitrogen and oxygen atoms in total. The van der Waals surface area contributed by atoms with Gasteiger partial charge in [-0.2, -0.15) is 0 Å². The van der Waals surface area contributed by atoms with Crippen LogP contribution < -0.4 is 5.32 Å². The number of thioether (sulfide) groups is 1. The summed E-state index contributed by atoms with van der Waals surface area (Å²) >= 11 is 1.85. The van der Waals surface area contributed by atoms with Crippen molar-refractivity contribution in [1.29, 1.82) is 0 Å². The van der Waals surface area contributed by atoms with E-state index in [0.717, 1.165) is 17.9 Å². The summed E-state index contributed by atoms with van der Waals surface area (Å²) in [5, 5.41) is 3.47. The van der Waals surface area contributed by atoms with Gasteiger partial charge in [0.05, 0.1) is 0 Å². The molecule has 18 heavy (non-hydrogen) atoms. The quantitative estimate of drug-likeness (QED) is 0.809. The number of aromatic nitrogens is 2. The van der Waals surface area contributed by atoms with Crippen LogP contribution in [0.15, 0.2) is 53.9 Å². The van der Waals surface area contributed by atoms with Crippen molar-refractivity contribution >= 4 is 11.8 Å². The van der Waals surface area contributed by atoms with Crippen LogP contribution in [0, 0.1) is 0 Å². The first-order valence-corrected chi connectivity index (χ1v) is 7.05. The van der Waals surface area contributed by atoms with Gasteiger partial charge in [-0.15, -0.1) is 11.8 Å². The molecule has 0 saturated carbocycles. The van der Waals surface area contributed by atoms with Crippen molar-refractivity contribution in [3.63, 3.8) is 0 Å². The van der Waals surface area contributed by atoms with Gasteiger partial charge in [0.15, 0.2) is 0 Å². The number of nitrogens with zero attached hydrogens (tertiary/aromatic N) is 2. The van der Waals surface area contributed by atoms with Crippen LogP contribution in [0.3, 0.4) is 0 Å². The van der Waals surface area contributed by atoms with Gasteiger partial charge >= 0.3 is 0 Å². The van der Waals surface area contributed by atoms with Crippen LogP contribution in [-0.4, -0.2) is 22.3 Å². The van der Waals surface area contributed by atoms with Gasteiger partial charge in [-0.3, -0.25) is 0 Å². The van der Waals surface area contributed by atoms with Crippen molar-refractivity contribution in [1.82, 2.24) is 15.3 Å². The lowest BCUT2D eigenvalue weighted by Gasteiger charge is -2.17. The highest BCUT2D eigenvalue weighted by atomic mass is 32.2. The molecule has 0 aliphatic rings. The summed E-state index contributed by atoms with van der Waals surface area (Å²) in [6.45, 7) is 3.05. The fraction of sp³-hybridized carbons (Fsp3) is 0.286. The molecule has 1 unspecified atom stereocenters. The Morgan fingerprint density at radius 2 is 1.89 bits per heavy atom. The Kier molecular flexibility index (Phi) is 5.17. The van der Waals surface area contributed by atoms with Gasteiger partial charge in [0, 0.05) is 34.6 Å². The number of nitrogens with one attached hydrogen (secondary N) is 1. The molecule has 0 radical (unpaired) electrons. The zero-order chi connectivity index (χ0) is 12.6. The molecule has 1 atom stereocenters. The van der Waals surface area contributed by atoms with Gasteiger partial charge in [0.25, 0.3) is 0 Å². The van der Waals surface area contributed by atoms with Crippen molar-refractivity contribution in [2.45, 2.75) is 17.9 Å². The van der Waals surface area contributed by atoms with Crippen LogP contribution in [0.25, 0.3) is 0 Å². The zero-order valence-corrected chi connectivity index (χ0v) is 11.2. The maximum Gasteiger partial charge on any atom is 0.115 e. The van der Waals surface area contributed by atoms with Crippen molar-refractivity contribution in [3.05, 3.63) is 54.6 Å². The van der Waals surface area contributed by atoms with Gasteiger partial charge in [0.1, 0.15) is 6.33 Å². The van der Waals surface area contributed by atoms with Crippen molar-refractivity contribution < 1.29 is 0 Å². The minimum atomic E-state index is 0.293. The molecule has 2 rings (SSSR count). The van der Waals surface area contributed by atoms with Crippen LogP contribution in [0.5, 0.6) is 0 Å². The highest BCUT2D eigenvalue weighted by molar-refractivity contribution is 7.99. The van der Waals surface area contributed by atoms with E-state index in [0.29, 0.717) is 6.04 Å². The van der Waals surface area contributed by atoms with Crippen LogP contribution in [0.1, 0.15) is 18.5 Å². The van der Waals surface area contributed by atoms with E-state index < -0.39 is 0 Å². The van der Waals surface area contributed by atoms with E-state index in [2.05, 4.69) is 46.5 Å². The molecule has 4 heteroatoms. The molecule has 2 aromatic rings. The lowest BCUT2D eigenvalue weighted by Crippen LogP contribution is -2.23. The third-order valence-electron chi connectivity index (χ3n) is 2.59. The molecule has 0 amide bonds. The second kappa shape index (κ2) is 7.13. The van der Waals surface area contributed by atoms with E-state index in [9.17, 15) is 0 Å². The van der Waals surface area contributed by atoms with Crippen molar-refractivity contribution in [2.24, 2.45) is 0 Å². The largest absolute Gasteiger partial charge is 0.309 e. The molecule has 94 valence electrons. The average molecular weight is 259 g/mol. The van der Waals surface area contributed by atoms with Crippen molar-refractivity contribution in [3.8, 4) is 0 Å². The number of hydrogen-bond donors (Lipinski definition) is 1. The van der Waals surface area contributed by atoms with E-state index in [1.807, 2.05) is 30.2 Å². The monoisotopic (exact) mass is 259 g/mol. The molecular formula is C14H17N3S. The van der Waals surface area contributed by atoms with E-state index in [1.165, 1.54) is 4.90 Å². The molecule has 0 aliphatic heterocycles. The van der Waals surface area contributed by atoms with Crippen molar-refractivity contribution in [2.75, 3.05) is 12.3 Å². The summed E-state index contributed by atoms with van der Waals surface area (Å²) in [5.41, 5.74) is 1.14. The van der Waals surface area contributed by atoms with Crippen LogP contribution in [0.2, 0.25) is 0 Å². The summed E-state index contributed by atoms with van der Waals surface area (Å²) in [6, 6.07) is 10.7. The van der Waals surface area contributed by atoms with E-state index >= 15 is 0 Å². The Hall–Kier alpha value is -1.39. The van der Waals surface area contributed by atoms with Crippen LogP contribution in [0.4, 0.5) is 0 Å². The summed E-state index contributed by atoms with van der Waals surface area (Å²) < 4.78 is 0. The van der Waals surface area contributed by atoms with Crippen LogP contribution in [-0.2, 0) is 0 Å². The van der Waals surface area contributed by atoms with Gasteiger partial charge < -0.3 is 5.32 Å². The Morgan fingerprint density at radius 1 is 1.17 bits per heavy atom. The minimum Gasteiger partial charge on any atom is -0.309 e. The van der Waals surface area contributed by atoms with Crippen LogP contribution >= 0.6 is 11.8 Å². The maximum atomic E-state index is 4.08. The molecule has 0 saturated heterocycles. The topological polar surface area (TPSA) is 37.8 Å². The zero-order valence-electron chi connectivity index (χ0n) is 10.4. The average Bonchev–Trinajstić information content (AvgIpc) is 2.45. The SMILES string of the molecule is CCNC(CSc1ccccc1)c1cncnc1. The molecule has 0 bridgehead atoms. The molecule has 1 heterocycles. The Morgan fingerprint density at radius 3 is 2.56 bits per heavy atom. The molecule has 1 aromatic heterocycles. The normalized spacial score (nSPS) is 12.3. The number of benzene rings is 1. The lowest BCUT2D eigenvalue weighted by atomic mass is 10.2. The maximum absolute atomic E-state index is 4.08. The highest BCUT2D eigenvalue weighted by Crippen LogP contribution is 2.23. The van der Waals surface area contributed by atoms with Gasteiger partial charge in [-0.25, -0.2) is 9.97 Å². The summed E-state index contributed by atoms with van der Waals surface area (Å²) in [7, 11) is 0. The molecular weight excluding hydrogens is 242 g/mol. The Balaban J connectivity index is 1.99. The van der Waals surface area contributed by atoms with Gasteiger partial charge in [-0.1, -0.05) is 25.1 Å². The second-order valence-electron chi connectivity index (χ2n) is 3.91. The summed E-state index contributed by atoms with van der Waals surface area (Å²) in [4.78, 5) is 9.45. The smallest absolute Gasteiger partial charge is 0.115 e. The summed E-state index contributed by atoms with van der Waals surface area (Å²) in [6.07, 6.45) is 5.33. The summed E-state index contributed by atoms with van der Waals surface area (Å²) in [5.74, 6) is 0.977. The third-order valence-corrected chi connectivity index (χ3v) is 3.70. The standard InChI is InChI=1S/C14H17N3S/c1-2-17-14(12-8-15-11-16-9-12)10-18-13-6-4-3-5-7-13/h3-9,11,14,17H,2,10H2,1H3. The number of rotatable bonds is 6. The fourth-order valence-corrected chi connectivity index (χ4v) is 2.73. The Bertz CT molecular complexity index is 447. The predicted molar refractivity (Wildman–Crippen MR) is 75.6 cm³/mol. The fourth-order valence-electron chi connectivity index (χ4n) is 1.71. The first kappa shape index (κ1) is 13.1. The van der Waals surface area contributed by atoms with Gasteiger partial charge in [0.2, 0.25) is 0 Å². The first-order valence-electron chi connectivity index (χ1n) is 6.06. The van der Waals surface area contributed by atoms with E-state index in [4.69, 9.17) is 0 Å². The third kappa shape index (κ3) is 3.82. The molecule has 0 aliphatic carbocycles. The number of hydrogen-bond acceptors (Lipinski definition) is 4. The first-order chi connectivity index (χ1) is 8.90. The predicted octanol–water partition coefficient (Wildman–Crippen LogP) is 2.92. The molecule has 0 fully saturated rings. The van der Waals surface area contributed by atoms with E-state index in [-0.39, 0.29) is 0 Å². The second-order valence-corrected chi connectivity index (χ2v) is 5.00. The molecule has 1 aromatic carbocycles. The molecule has 0 spiro atoms. The Labute approximate surface area is 112 Å². The highest BCUT2D eigenvalue weighted by Gasteiger charge is 2.10. The minimum absolute atomic E-state index is 0.293. The molecule has 1 N–H and O–H groups in total. The lowest BCUT2D eigenvalue weighted by molar-refractivity contribution is 0.601. The van der Waals surface area contributed by atoms with E-state index in [1.54, 1.807) is 6.33 Å². The van der Waals surface area contributed by atoms with Gasteiger partial charge in [-0.05, 0) is 18.7 Å².